The van der Waals surface area contributed by atoms with Crippen LogP contribution in [0.15, 0.2) is 12.1 Å². The van der Waals surface area contributed by atoms with E-state index in [9.17, 15) is 9.18 Å². The van der Waals surface area contributed by atoms with Crippen LogP contribution in [0, 0.1) is 11.7 Å². The molecule has 16 heavy (non-hydrogen) atoms. The number of carbonyl (C=O) groups is 1. The van der Waals surface area contributed by atoms with Crippen molar-refractivity contribution in [1.29, 1.82) is 0 Å². The maximum Gasteiger partial charge on any atom is 0.306 e. The van der Waals surface area contributed by atoms with E-state index in [4.69, 9.17) is 21.4 Å². The summed E-state index contributed by atoms with van der Waals surface area (Å²) in [5, 5.41) is 8.73. The second-order valence-electron chi connectivity index (χ2n) is 3.50. The number of hydrogen-bond donors (Lipinski definition) is 1. The van der Waals surface area contributed by atoms with Gasteiger partial charge in [0.05, 0.1) is 18.1 Å². The van der Waals surface area contributed by atoms with Crippen LogP contribution in [0.5, 0.6) is 5.75 Å². The molecule has 0 heterocycles. The predicted molar refractivity (Wildman–Crippen MR) is 58.5 cm³/mol. The summed E-state index contributed by atoms with van der Waals surface area (Å²) >= 11 is 5.59. The average Bonchev–Trinajstić information content (AvgIpc) is 2.23. The number of rotatable bonds is 4. The molecule has 3 nitrogen and oxygen atoms in total. The van der Waals surface area contributed by atoms with Crippen molar-refractivity contribution in [3.05, 3.63) is 28.5 Å². The van der Waals surface area contributed by atoms with Gasteiger partial charge in [-0.1, -0.05) is 24.6 Å². The highest BCUT2D eigenvalue weighted by Crippen LogP contribution is 2.30. The molecule has 5 heteroatoms. The number of hydrogen-bond acceptors (Lipinski definition) is 2. The number of methoxy groups -OCH3 is 1. The Morgan fingerprint density at radius 2 is 2.25 bits per heavy atom. The summed E-state index contributed by atoms with van der Waals surface area (Å²) < 4.78 is 18.4. The first kappa shape index (κ1) is 12.8. The third-order valence-electron chi connectivity index (χ3n) is 2.28. The van der Waals surface area contributed by atoms with Crippen LogP contribution in [0.1, 0.15) is 12.5 Å². The van der Waals surface area contributed by atoms with Gasteiger partial charge in [0.15, 0.2) is 11.6 Å². The van der Waals surface area contributed by atoms with Gasteiger partial charge in [0.1, 0.15) is 0 Å². The molecule has 0 aliphatic rings. The number of ether oxygens (including phenoxy) is 1. The molecule has 1 rings (SSSR count). The summed E-state index contributed by atoms with van der Waals surface area (Å²) in [6, 6.07) is 2.97. The van der Waals surface area contributed by atoms with E-state index in [0.717, 1.165) is 0 Å². The molecule has 0 aliphatic heterocycles. The third kappa shape index (κ3) is 2.64. The van der Waals surface area contributed by atoms with Crippen molar-refractivity contribution in [2.45, 2.75) is 13.3 Å². The van der Waals surface area contributed by atoms with Crippen LogP contribution in [-0.2, 0) is 11.2 Å². The summed E-state index contributed by atoms with van der Waals surface area (Å²) in [6.07, 6.45) is 0.201. The number of carboxylic acids is 1. The lowest BCUT2D eigenvalue weighted by atomic mass is 10.0. The Bertz CT molecular complexity index is 406. The average molecular weight is 247 g/mol. The summed E-state index contributed by atoms with van der Waals surface area (Å²) in [4.78, 5) is 10.7. The third-order valence-corrected chi connectivity index (χ3v) is 2.58. The fraction of sp³-hybridized carbons (Fsp3) is 0.364. The van der Waals surface area contributed by atoms with Crippen LogP contribution in [0.25, 0.3) is 0 Å². The smallest absolute Gasteiger partial charge is 0.306 e. The van der Waals surface area contributed by atoms with Crippen LogP contribution < -0.4 is 4.74 Å². The van der Waals surface area contributed by atoms with Crippen LogP contribution in [0.2, 0.25) is 5.02 Å². The van der Waals surface area contributed by atoms with Crippen LogP contribution >= 0.6 is 11.6 Å². The van der Waals surface area contributed by atoms with Gasteiger partial charge in [-0.15, -0.1) is 0 Å². The summed E-state index contributed by atoms with van der Waals surface area (Å²) in [6.45, 7) is 1.55. The van der Waals surface area contributed by atoms with Gasteiger partial charge in [0, 0.05) is 0 Å². The Kier molecular flexibility index (Phi) is 4.12. The predicted octanol–water partition coefficient (Wildman–Crippen LogP) is 2.75. The lowest BCUT2D eigenvalue weighted by Crippen LogP contribution is -2.13. The topological polar surface area (TPSA) is 46.5 Å². The molecule has 0 saturated heterocycles. The zero-order valence-corrected chi connectivity index (χ0v) is 9.71. The van der Waals surface area contributed by atoms with Gasteiger partial charge in [-0.05, 0) is 18.1 Å². The van der Waals surface area contributed by atoms with Crippen molar-refractivity contribution in [3.63, 3.8) is 0 Å². The minimum absolute atomic E-state index is 0.0144. The van der Waals surface area contributed by atoms with Crippen molar-refractivity contribution in [1.82, 2.24) is 0 Å². The van der Waals surface area contributed by atoms with E-state index in [1.165, 1.54) is 13.2 Å². The van der Waals surface area contributed by atoms with Gasteiger partial charge in [-0.2, -0.15) is 0 Å². The monoisotopic (exact) mass is 246 g/mol. The van der Waals surface area contributed by atoms with Gasteiger partial charge >= 0.3 is 5.97 Å². The zero-order valence-electron chi connectivity index (χ0n) is 8.96. The zero-order chi connectivity index (χ0) is 12.3. The molecular formula is C11H12ClFO3. The van der Waals surface area contributed by atoms with Gasteiger partial charge < -0.3 is 9.84 Å². The first-order chi connectivity index (χ1) is 7.47. The molecule has 0 bridgehead atoms. The maximum absolute atomic E-state index is 13.5. The second-order valence-corrected chi connectivity index (χ2v) is 3.90. The Balaban J connectivity index is 3.05. The Morgan fingerprint density at radius 3 is 2.75 bits per heavy atom. The SMILES string of the molecule is COc1c(CC(C)C(=O)O)ccc(Cl)c1F. The van der Waals surface area contributed by atoms with Gasteiger partial charge in [0.25, 0.3) is 0 Å². The molecule has 1 atom stereocenters. The summed E-state index contributed by atoms with van der Waals surface area (Å²) in [5.74, 6) is -2.17. The normalized spacial score (nSPS) is 12.2. The highest BCUT2D eigenvalue weighted by molar-refractivity contribution is 6.30. The van der Waals surface area contributed by atoms with Crippen molar-refractivity contribution < 1.29 is 19.0 Å². The molecule has 0 aromatic heterocycles. The molecular weight excluding hydrogens is 235 g/mol. The fourth-order valence-electron chi connectivity index (χ4n) is 1.37. The van der Waals surface area contributed by atoms with Crippen molar-refractivity contribution >= 4 is 17.6 Å². The molecule has 88 valence electrons. The molecule has 0 radical (unpaired) electrons. The van der Waals surface area contributed by atoms with E-state index in [0.29, 0.717) is 5.56 Å². The molecule has 1 aromatic carbocycles. The molecule has 0 spiro atoms. The lowest BCUT2D eigenvalue weighted by molar-refractivity contribution is -0.141. The molecule has 0 amide bonds. The van der Waals surface area contributed by atoms with Crippen molar-refractivity contribution in [2.75, 3.05) is 7.11 Å². The van der Waals surface area contributed by atoms with Crippen LogP contribution in [-0.4, -0.2) is 18.2 Å². The highest BCUT2D eigenvalue weighted by atomic mass is 35.5. The molecule has 1 N–H and O–H groups in total. The van der Waals surface area contributed by atoms with E-state index in [-0.39, 0.29) is 17.2 Å². The molecule has 0 saturated carbocycles. The van der Waals surface area contributed by atoms with Gasteiger partial charge in [-0.3, -0.25) is 4.79 Å². The van der Waals surface area contributed by atoms with Crippen LogP contribution in [0.3, 0.4) is 0 Å². The van der Waals surface area contributed by atoms with E-state index in [1.54, 1.807) is 13.0 Å². The number of aliphatic carboxylic acids is 1. The Labute approximate surface area is 97.8 Å². The number of benzene rings is 1. The van der Waals surface area contributed by atoms with Crippen LogP contribution in [0.4, 0.5) is 4.39 Å². The molecule has 1 unspecified atom stereocenters. The highest BCUT2D eigenvalue weighted by Gasteiger charge is 2.18. The number of carboxylic acid groups (broad SMARTS) is 1. The summed E-state index contributed by atoms with van der Waals surface area (Å²) in [5.41, 5.74) is 0.499. The molecule has 1 aromatic rings. The Hall–Kier alpha value is -1.29. The van der Waals surface area contributed by atoms with E-state index < -0.39 is 17.7 Å². The van der Waals surface area contributed by atoms with Gasteiger partial charge in [-0.25, -0.2) is 4.39 Å². The lowest BCUT2D eigenvalue weighted by Gasteiger charge is -2.12. The minimum Gasteiger partial charge on any atom is -0.493 e. The van der Waals surface area contributed by atoms with Crippen molar-refractivity contribution in [3.8, 4) is 5.75 Å². The quantitative estimate of drug-likeness (QED) is 0.889. The molecule has 0 fully saturated rings. The van der Waals surface area contributed by atoms with E-state index in [1.807, 2.05) is 0 Å². The first-order valence-corrected chi connectivity index (χ1v) is 5.08. The maximum atomic E-state index is 13.5. The second kappa shape index (κ2) is 5.16. The first-order valence-electron chi connectivity index (χ1n) is 4.71. The van der Waals surface area contributed by atoms with E-state index >= 15 is 0 Å². The molecule has 0 aliphatic carbocycles. The largest absolute Gasteiger partial charge is 0.493 e. The van der Waals surface area contributed by atoms with Gasteiger partial charge in [0.2, 0.25) is 0 Å². The minimum atomic E-state index is -0.933. The fourth-order valence-corrected chi connectivity index (χ4v) is 1.52. The standard InChI is InChI=1S/C11H12ClFO3/c1-6(11(14)15)5-7-3-4-8(12)9(13)10(7)16-2/h3-4,6H,5H2,1-2H3,(H,14,15). The summed E-state index contributed by atoms with van der Waals surface area (Å²) in [7, 11) is 1.32. The number of halogens is 2. The van der Waals surface area contributed by atoms with Crippen molar-refractivity contribution in [2.24, 2.45) is 5.92 Å². The Morgan fingerprint density at radius 1 is 1.62 bits per heavy atom. The van der Waals surface area contributed by atoms with E-state index in [2.05, 4.69) is 0 Å².